The quantitative estimate of drug-likeness (QED) is 0.326. The predicted molar refractivity (Wildman–Crippen MR) is 59.6 cm³/mol. The van der Waals surface area contributed by atoms with Gasteiger partial charge in [0.1, 0.15) is 0 Å². The number of fused-ring (bicyclic) bond motifs is 1. The zero-order chi connectivity index (χ0) is 16.0. The van der Waals surface area contributed by atoms with Gasteiger partial charge in [0.05, 0.1) is 7.11 Å². The fourth-order valence-electron chi connectivity index (χ4n) is 2.14. The normalized spacial score (nSPS) is 22.6. The number of amides is 1. The lowest BCUT2D eigenvalue weighted by atomic mass is 9.91. The Morgan fingerprint density at radius 2 is 2.00 bits per heavy atom. The number of rotatable bonds is 3. The Balaban J connectivity index is 2.42. The van der Waals surface area contributed by atoms with Crippen molar-refractivity contribution in [2.45, 2.75) is 30.8 Å². The average Bonchev–Trinajstić information content (AvgIpc) is 2.36. The molecule has 2 heterocycles. The van der Waals surface area contributed by atoms with Gasteiger partial charge < -0.3 is 8.92 Å². The first-order valence-corrected chi connectivity index (χ1v) is 7.13. The van der Waals surface area contributed by atoms with E-state index in [0.29, 0.717) is 0 Å². The number of hydrogen-bond acceptors (Lipinski definition) is 6. The van der Waals surface area contributed by atoms with Gasteiger partial charge in [-0.2, -0.15) is 21.6 Å². The van der Waals surface area contributed by atoms with E-state index in [1.54, 1.807) is 0 Å². The molecule has 21 heavy (non-hydrogen) atoms. The van der Waals surface area contributed by atoms with Crippen molar-refractivity contribution in [1.82, 2.24) is 4.90 Å². The molecule has 1 saturated heterocycles. The molecule has 2 aliphatic heterocycles. The molecule has 0 aromatic rings. The van der Waals surface area contributed by atoms with Crippen LogP contribution in [0.25, 0.3) is 0 Å². The molecule has 0 aromatic heterocycles. The highest BCUT2D eigenvalue weighted by Crippen LogP contribution is 2.39. The van der Waals surface area contributed by atoms with Crippen molar-refractivity contribution in [3.63, 3.8) is 0 Å². The number of halogens is 3. The number of hydrogen-bond donors (Lipinski definition) is 0. The van der Waals surface area contributed by atoms with Gasteiger partial charge in [0.2, 0.25) is 5.91 Å². The van der Waals surface area contributed by atoms with Crippen LogP contribution in [0.3, 0.4) is 0 Å². The number of methoxy groups -OCH3 is 1. The molecule has 1 amide bonds. The first-order chi connectivity index (χ1) is 9.58. The Kier molecular flexibility index (Phi) is 3.64. The van der Waals surface area contributed by atoms with Gasteiger partial charge in [-0.1, -0.05) is 0 Å². The Labute approximate surface area is 117 Å². The molecule has 118 valence electrons. The van der Waals surface area contributed by atoms with Crippen LogP contribution in [0.2, 0.25) is 0 Å². The predicted octanol–water partition coefficient (Wildman–Crippen LogP) is 0.632. The van der Waals surface area contributed by atoms with Crippen molar-refractivity contribution in [2.75, 3.05) is 7.11 Å². The van der Waals surface area contributed by atoms with Crippen LogP contribution < -0.4 is 0 Å². The van der Waals surface area contributed by atoms with E-state index in [4.69, 9.17) is 0 Å². The molecule has 0 aliphatic carbocycles. The van der Waals surface area contributed by atoms with E-state index in [2.05, 4.69) is 8.92 Å². The summed E-state index contributed by atoms with van der Waals surface area (Å²) < 4.78 is 67.4. The second-order valence-electron chi connectivity index (χ2n) is 4.41. The van der Waals surface area contributed by atoms with Crippen LogP contribution >= 0.6 is 0 Å². The highest BCUT2D eigenvalue weighted by molar-refractivity contribution is 7.87. The molecule has 0 aromatic carbocycles. The third kappa shape index (κ3) is 2.57. The van der Waals surface area contributed by atoms with Gasteiger partial charge in [-0.15, -0.1) is 0 Å². The molecule has 0 radical (unpaired) electrons. The monoisotopic (exact) mass is 329 g/mol. The highest BCUT2D eigenvalue weighted by Gasteiger charge is 2.52. The lowest BCUT2D eigenvalue weighted by molar-refractivity contribution is -0.152. The van der Waals surface area contributed by atoms with Crippen LogP contribution in [0.4, 0.5) is 13.2 Å². The van der Waals surface area contributed by atoms with Gasteiger partial charge in [0, 0.05) is 18.9 Å². The first kappa shape index (κ1) is 15.6. The lowest BCUT2D eigenvalue weighted by Gasteiger charge is -2.44. The lowest BCUT2D eigenvalue weighted by Crippen LogP contribution is -2.55. The summed E-state index contributed by atoms with van der Waals surface area (Å²) >= 11 is 0. The summed E-state index contributed by atoms with van der Waals surface area (Å²) in [5, 5.41) is 0. The highest BCUT2D eigenvalue weighted by atomic mass is 32.2. The fraction of sp³-hybridized carbons (Fsp3) is 0.600. The van der Waals surface area contributed by atoms with Crippen molar-refractivity contribution in [3.8, 4) is 0 Å². The van der Waals surface area contributed by atoms with E-state index >= 15 is 0 Å². The molecule has 2 rings (SSSR count). The molecule has 7 nitrogen and oxygen atoms in total. The Hall–Kier alpha value is -1.78. The van der Waals surface area contributed by atoms with Crippen LogP contribution in [-0.4, -0.2) is 43.9 Å². The standard InChI is InChI=1S/C10H10F3NO6S/c1-19-9(16)8-6(20-21(17,18)10(11,12)13)3-2-5-4-7(15)14(5)8/h5H,2-4H2,1H3. The molecule has 0 N–H and O–H groups in total. The molecule has 1 atom stereocenters. The Morgan fingerprint density at radius 3 is 2.48 bits per heavy atom. The van der Waals surface area contributed by atoms with Gasteiger partial charge in [-0.3, -0.25) is 9.69 Å². The molecule has 2 aliphatic rings. The molecule has 0 bridgehead atoms. The number of nitrogens with zero attached hydrogens (tertiary/aromatic N) is 1. The Morgan fingerprint density at radius 1 is 1.38 bits per heavy atom. The summed E-state index contributed by atoms with van der Waals surface area (Å²) in [6, 6.07) is -0.354. The molecule has 0 saturated carbocycles. The molecular formula is C10H10F3NO6S. The number of carbonyl (C=O) groups is 2. The van der Waals surface area contributed by atoms with E-state index in [9.17, 15) is 31.2 Å². The number of β-lactam (4-membered cyclic amide) rings is 1. The number of esters is 1. The SMILES string of the molecule is COC(=O)C1=C(OS(=O)(=O)C(F)(F)F)CCC2CC(=O)N12. The molecule has 11 heteroatoms. The summed E-state index contributed by atoms with van der Waals surface area (Å²) in [5.74, 6) is -2.37. The second-order valence-corrected chi connectivity index (χ2v) is 5.94. The van der Waals surface area contributed by atoms with E-state index in [0.717, 1.165) is 12.0 Å². The minimum absolute atomic E-state index is 0.139. The van der Waals surface area contributed by atoms with Crippen LogP contribution in [0.5, 0.6) is 0 Å². The largest absolute Gasteiger partial charge is 0.534 e. The zero-order valence-corrected chi connectivity index (χ0v) is 11.5. The van der Waals surface area contributed by atoms with Gasteiger partial charge in [-0.25, -0.2) is 4.79 Å². The van der Waals surface area contributed by atoms with Crippen LogP contribution in [0.1, 0.15) is 19.3 Å². The summed E-state index contributed by atoms with van der Waals surface area (Å²) in [6.45, 7) is 0. The van der Waals surface area contributed by atoms with Gasteiger partial charge in [0.15, 0.2) is 11.5 Å². The van der Waals surface area contributed by atoms with E-state index in [-0.39, 0.29) is 25.3 Å². The third-order valence-electron chi connectivity index (χ3n) is 3.13. The summed E-state index contributed by atoms with van der Waals surface area (Å²) in [5.41, 5.74) is -6.21. The zero-order valence-electron chi connectivity index (χ0n) is 10.6. The van der Waals surface area contributed by atoms with Gasteiger partial charge in [0.25, 0.3) is 0 Å². The fourth-order valence-corrected chi connectivity index (χ4v) is 2.66. The number of alkyl halides is 3. The van der Waals surface area contributed by atoms with Gasteiger partial charge >= 0.3 is 21.6 Å². The molecule has 0 spiro atoms. The molecule has 1 unspecified atom stereocenters. The average molecular weight is 329 g/mol. The maximum absolute atomic E-state index is 12.3. The second kappa shape index (κ2) is 4.90. The molecule has 1 fully saturated rings. The minimum Gasteiger partial charge on any atom is -0.464 e. The maximum atomic E-state index is 12.3. The Bertz CT molecular complexity index is 623. The van der Waals surface area contributed by atoms with Crippen LogP contribution in [0, 0.1) is 0 Å². The van der Waals surface area contributed by atoms with Crippen molar-refractivity contribution in [2.24, 2.45) is 0 Å². The third-order valence-corrected chi connectivity index (χ3v) is 4.11. The van der Waals surface area contributed by atoms with Crippen molar-refractivity contribution in [3.05, 3.63) is 11.5 Å². The summed E-state index contributed by atoms with van der Waals surface area (Å²) in [7, 11) is -4.95. The minimum atomic E-state index is -5.91. The van der Waals surface area contributed by atoms with Crippen molar-refractivity contribution in [1.29, 1.82) is 0 Å². The smallest absolute Gasteiger partial charge is 0.464 e. The number of carbonyl (C=O) groups excluding carboxylic acids is 2. The molecular weight excluding hydrogens is 319 g/mol. The van der Waals surface area contributed by atoms with Crippen molar-refractivity contribution < 1.29 is 40.1 Å². The van der Waals surface area contributed by atoms with Gasteiger partial charge in [-0.05, 0) is 6.42 Å². The first-order valence-electron chi connectivity index (χ1n) is 5.72. The number of ether oxygens (including phenoxy) is 1. The topological polar surface area (TPSA) is 90.0 Å². The number of allylic oxidation sites excluding steroid dienone is 1. The van der Waals surface area contributed by atoms with E-state index in [1.165, 1.54) is 0 Å². The van der Waals surface area contributed by atoms with Crippen LogP contribution in [-0.2, 0) is 28.6 Å². The maximum Gasteiger partial charge on any atom is 0.534 e. The summed E-state index contributed by atoms with van der Waals surface area (Å²) in [4.78, 5) is 24.0. The summed E-state index contributed by atoms with van der Waals surface area (Å²) in [6.07, 6.45) is 0.128. The van der Waals surface area contributed by atoms with Crippen molar-refractivity contribution >= 4 is 22.0 Å². The van der Waals surface area contributed by atoms with E-state index < -0.39 is 39.0 Å². The van der Waals surface area contributed by atoms with E-state index in [1.807, 2.05) is 0 Å². The van der Waals surface area contributed by atoms with Crippen LogP contribution in [0.15, 0.2) is 11.5 Å².